The van der Waals surface area contributed by atoms with Crippen molar-refractivity contribution in [2.45, 2.75) is 19.5 Å². The van der Waals surface area contributed by atoms with E-state index in [0.717, 1.165) is 45.5 Å². The molecule has 3 aliphatic rings. The van der Waals surface area contributed by atoms with Crippen molar-refractivity contribution in [1.82, 2.24) is 14.5 Å². The third-order valence-electron chi connectivity index (χ3n) is 8.24. The standard InChI is InChI=1S/C32H23N5O/c1-20-19-21(2)37-32-28-25(36(20)37)12-8-13-27(28)38-31-29(32)30(26-11-6-7-18-34(26)32)33-35(31)24-16-14-23(15-17-24)22-9-4-3-5-10-22/h3-19H,1-2H3/q+2. The average molecular weight is 494 g/mol. The zero-order valence-corrected chi connectivity index (χ0v) is 21.0. The van der Waals surface area contributed by atoms with Crippen molar-refractivity contribution in [3.8, 4) is 45.5 Å². The molecule has 3 aromatic heterocycles. The Balaban J connectivity index is 1.36. The normalized spacial score (nSPS) is 17.0. The van der Waals surface area contributed by atoms with Crippen molar-refractivity contribution in [2.75, 3.05) is 0 Å². The molecule has 1 atom stereocenters. The van der Waals surface area contributed by atoms with Gasteiger partial charge in [-0.2, -0.15) is 9.78 Å². The van der Waals surface area contributed by atoms with E-state index in [0.29, 0.717) is 0 Å². The lowest BCUT2D eigenvalue weighted by Gasteiger charge is -2.23. The zero-order chi connectivity index (χ0) is 25.2. The maximum atomic E-state index is 6.77. The number of rotatable bonds is 2. The highest BCUT2D eigenvalue weighted by atomic mass is 16.5. The van der Waals surface area contributed by atoms with Gasteiger partial charge in [-0.3, -0.25) is 0 Å². The van der Waals surface area contributed by atoms with Crippen LogP contribution in [0.3, 0.4) is 0 Å². The van der Waals surface area contributed by atoms with E-state index in [1.54, 1.807) is 0 Å². The van der Waals surface area contributed by atoms with E-state index >= 15 is 0 Å². The van der Waals surface area contributed by atoms with Gasteiger partial charge in [0.1, 0.15) is 11.4 Å². The first-order valence-electron chi connectivity index (χ1n) is 12.9. The molecule has 3 aliphatic heterocycles. The van der Waals surface area contributed by atoms with E-state index in [2.05, 4.69) is 125 Å². The third kappa shape index (κ3) is 2.15. The first kappa shape index (κ1) is 20.1. The summed E-state index contributed by atoms with van der Waals surface area (Å²) in [5.74, 6) is 1.63. The van der Waals surface area contributed by atoms with Gasteiger partial charge in [0.2, 0.25) is 17.3 Å². The Kier molecular flexibility index (Phi) is 3.53. The minimum absolute atomic E-state index is 0.605. The molecule has 3 aromatic carbocycles. The Hall–Kier alpha value is -4.97. The van der Waals surface area contributed by atoms with Crippen LogP contribution in [0.2, 0.25) is 0 Å². The van der Waals surface area contributed by atoms with Crippen LogP contribution in [-0.2, 0) is 5.66 Å². The first-order chi connectivity index (χ1) is 18.7. The van der Waals surface area contributed by atoms with Gasteiger partial charge < -0.3 is 4.74 Å². The van der Waals surface area contributed by atoms with Gasteiger partial charge in [0.05, 0.1) is 11.4 Å². The molecule has 6 nitrogen and oxygen atoms in total. The van der Waals surface area contributed by atoms with Crippen LogP contribution in [0.1, 0.15) is 22.5 Å². The zero-order valence-electron chi connectivity index (χ0n) is 21.0. The molecule has 9 rings (SSSR count). The van der Waals surface area contributed by atoms with Crippen molar-refractivity contribution < 1.29 is 14.0 Å². The van der Waals surface area contributed by atoms with Gasteiger partial charge in [-0.15, -0.1) is 9.25 Å². The number of benzene rings is 3. The fourth-order valence-corrected chi connectivity index (χ4v) is 6.86. The largest absolute Gasteiger partial charge is 0.450 e. The van der Waals surface area contributed by atoms with E-state index in [-0.39, 0.29) is 0 Å². The van der Waals surface area contributed by atoms with Crippen molar-refractivity contribution >= 4 is 0 Å². The Morgan fingerprint density at radius 3 is 2.42 bits per heavy atom. The summed E-state index contributed by atoms with van der Waals surface area (Å²) in [6, 6.07) is 34.0. The summed E-state index contributed by atoms with van der Waals surface area (Å²) in [4.78, 5) is 0. The van der Waals surface area contributed by atoms with E-state index in [9.17, 15) is 0 Å². The van der Waals surface area contributed by atoms with E-state index in [1.807, 2.05) is 10.7 Å². The van der Waals surface area contributed by atoms with Crippen LogP contribution in [0.15, 0.2) is 103 Å². The van der Waals surface area contributed by atoms with Crippen LogP contribution in [0.5, 0.6) is 11.6 Å². The highest BCUT2D eigenvalue weighted by Gasteiger charge is 2.74. The lowest BCUT2D eigenvalue weighted by molar-refractivity contribution is -0.990. The van der Waals surface area contributed by atoms with Gasteiger partial charge in [0.25, 0.3) is 0 Å². The summed E-state index contributed by atoms with van der Waals surface area (Å²) < 4.78 is 15.9. The fraction of sp³-hybridized carbons (Fsp3) is 0.0938. The number of aryl methyl sites for hydroxylation is 2. The predicted molar refractivity (Wildman–Crippen MR) is 142 cm³/mol. The quantitative estimate of drug-likeness (QED) is 0.310. The molecular formula is C32H23N5O+2. The van der Waals surface area contributed by atoms with Crippen LogP contribution >= 0.6 is 0 Å². The third-order valence-corrected chi connectivity index (χ3v) is 8.24. The van der Waals surface area contributed by atoms with Crippen LogP contribution in [0, 0.1) is 13.8 Å². The average Bonchev–Trinajstić information content (AvgIpc) is 3.66. The van der Waals surface area contributed by atoms with Crippen LogP contribution in [0.25, 0.3) is 33.9 Å². The molecule has 0 aliphatic carbocycles. The molecule has 1 unspecified atom stereocenters. The van der Waals surface area contributed by atoms with Gasteiger partial charge in [-0.1, -0.05) is 48.5 Å². The summed E-state index contributed by atoms with van der Waals surface area (Å²) >= 11 is 0. The lowest BCUT2D eigenvalue weighted by Crippen LogP contribution is -2.74. The van der Waals surface area contributed by atoms with Gasteiger partial charge >= 0.3 is 5.66 Å². The topological polar surface area (TPSA) is 39.7 Å². The van der Waals surface area contributed by atoms with Gasteiger partial charge in [-0.05, 0) is 53.1 Å². The van der Waals surface area contributed by atoms with Crippen LogP contribution in [0.4, 0.5) is 0 Å². The number of hydrogen-bond donors (Lipinski definition) is 0. The molecule has 0 bridgehead atoms. The monoisotopic (exact) mass is 493 g/mol. The number of pyridine rings is 1. The second-order valence-electron chi connectivity index (χ2n) is 10.3. The van der Waals surface area contributed by atoms with Crippen molar-refractivity contribution in [1.29, 1.82) is 0 Å². The molecule has 0 fully saturated rings. The molecule has 0 saturated carbocycles. The van der Waals surface area contributed by atoms with Crippen molar-refractivity contribution in [3.05, 3.63) is 126 Å². The molecular weight excluding hydrogens is 470 g/mol. The summed E-state index contributed by atoms with van der Waals surface area (Å²) in [6.45, 7) is 4.36. The van der Waals surface area contributed by atoms with Crippen molar-refractivity contribution in [2.24, 2.45) is 0 Å². The summed E-state index contributed by atoms with van der Waals surface area (Å²) in [6.07, 6.45) is 2.18. The second kappa shape index (κ2) is 6.66. The number of fused-ring (bicyclic) bond motifs is 4. The molecule has 0 saturated heterocycles. The second-order valence-corrected chi connectivity index (χ2v) is 10.3. The maximum absolute atomic E-state index is 6.77. The Bertz CT molecular complexity index is 1970. The predicted octanol–water partition coefficient (Wildman–Crippen LogP) is 5.22. The summed E-state index contributed by atoms with van der Waals surface area (Å²) in [5, 5.41) is 5.22. The molecule has 6 aromatic rings. The minimum Gasteiger partial charge on any atom is -0.437 e. The van der Waals surface area contributed by atoms with E-state index in [4.69, 9.17) is 9.84 Å². The molecule has 6 heterocycles. The number of nitrogens with zero attached hydrogens (tertiary/aromatic N) is 5. The molecule has 38 heavy (non-hydrogen) atoms. The van der Waals surface area contributed by atoms with E-state index in [1.165, 1.54) is 22.5 Å². The van der Waals surface area contributed by atoms with Crippen LogP contribution < -0.4 is 14.0 Å². The molecule has 180 valence electrons. The molecule has 0 amide bonds. The number of aromatic nitrogens is 5. The molecule has 1 spiro atoms. The SMILES string of the molecule is Cc1cc(C)[n+]2n1-c1cccc3c1C21c2c(nn(-c4ccc(-c5ccccc5)cc4)c2O3)-c2cccc[n+]21. The fourth-order valence-electron chi connectivity index (χ4n) is 6.86. The van der Waals surface area contributed by atoms with Crippen molar-refractivity contribution in [3.63, 3.8) is 0 Å². The Morgan fingerprint density at radius 1 is 0.789 bits per heavy atom. The highest BCUT2D eigenvalue weighted by Crippen LogP contribution is 2.56. The number of hydrogen-bond acceptors (Lipinski definition) is 2. The minimum atomic E-state index is -0.605. The van der Waals surface area contributed by atoms with Gasteiger partial charge in [0, 0.05) is 25.1 Å². The molecule has 0 N–H and O–H groups in total. The Labute approximate surface area is 219 Å². The van der Waals surface area contributed by atoms with E-state index < -0.39 is 5.66 Å². The first-order valence-corrected chi connectivity index (χ1v) is 12.9. The Morgan fingerprint density at radius 2 is 1.58 bits per heavy atom. The smallest absolute Gasteiger partial charge is 0.437 e. The number of ether oxygens (including phenoxy) is 1. The lowest BCUT2D eigenvalue weighted by atomic mass is 9.90. The van der Waals surface area contributed by atoms with Gasteiger partial charge in [-0.25, -0.2) is 0 Å². The summed E-state index contributed by atoms with van der Waals surface area (Å²) in [7, 11) is 0. The molecule has 0 radical (unpaired) electrons. The molecule has 6 heteroatoms. The summed E-state index contributed by atoms with van der Waals surface area (Å²) in [5.41, 5.74) is 10.5. The maximum Gasteiger partial charge on any atom is 0.450 e. The van der Waals surface area contributed by atoms with Gasteiger partial charge in [0.15, 0.2) is 23.0 Å². The highest BCUT2D eigenvalue weighted by molar-refractivity contribution is 5.74. The van der Waals surface area contributed by atoms with Crippen LogP contribution in [-0.4, -0.2) is 14.5 Å².